The highest BCUT2D eigenvalue weighted by Gasteiger charge is 2.50. The lowest BCUT2D eigenvalue weighted by molar-refractivity contribution is -0.143. The number of aromatic amines is 1. The molecule has 0 atom stereocenters. The summed E-state index contributed by atoms with van der Waals surface area (Å²) in [7, 11) is 0. The van der Waals surface area contributed by atoms with Crippen LogP contribution in [0.25, 0.3) is 22.0 Å². The summed E-state index contributed by atoms with van der Waals surface area (Å²) in [5, 5.41) is 11.2. The predicted octanol–water partition coefficient (Wildman–Crippen LogP) is 2.89. The van der Waals surface area contributed by atoms with Crippen LogP contribution in [0.1, 0.15) is 28.8 Å². The van der Waals surface area contributed by atoms with E-state index in [4.69, 9.17) is 0 Å². The van der Waals surface area contributed by atoms with E-state index in [1.54, 1.807) is 9.80 Å². The molecule has 2 heterocycles. The van der Waals surface area contributed by atoms with Crippen LogP contribution in [0.2, 0.25) is 0 Å². The molecule has 1 saturated heterocycles. The number of benzene rings is 2. The van der Waals surface area contributed by atoms with Crippen molar-refractivity contribution in [3.05, 3.63) is 59.8 Å². The van der Waals surface area contributed by atoms with Gasteiger partial charge in [-0.15, -0.1) is 0 Å². The predicted molar refractivity (Wildman–Crippen MR) is 129 cm³/mol. The summed E-state index contributed by atoms with van der Waals surface area (Å²) in [6.45, 7) is 6.15. The van der Waals surface area contributed by atoms with Gasteiger partial charge in [-0.25, -0.2) is 0 Å². The third-order valence-corrected chi connectivity index (χ3v) is 6.75. The van der Waals surface area contributed by atoms with Crippen molar-refractivity contribution in [1.82, 2.24) is 14.8 Å². The first-order valence-corrected chi connectivity index (χ1v) is 11.4. The number of hydrogen-bond donors (Lipinski definition) is 2. The highest BCUT2D eigenvalue weighted by atomic mass is 16.3. The zero-order chi connectivity index (χ0) is 23.0. The molecule has 7 heteroatoms. The Hall–Kier alpha value is -3.45. The molecule has 7 nitrogen and oxygen atoms in total. The Morgan fingerprint density at radius 1 is 1.00 bits per heavy atom. The summed E-state index contributed by atoms with van der Waals surface area (Å²) >= 11 is 0. The Balaban J connectivity index is 1.26. The fourth-order valence-electron chi connectivity index (χ4n) is 4.49. The second-order valence-corrected chi connectivity index (χ2v) is 8.96. The summed E-state index contributed by atoms with van der Waals surface area (Å²) < 4.78 is 0. The minimum Gasteiger partial charge on any atom is -0.380 e. The van der Waals surface area contributed by atoms with Crippen molar-refractivity contribution in [2.45, 2.75) is 24.9 Å². The van der Waals surface area contributed by atoms with Gasteiger partial charge in [-0.3, -0.25) is 9.59 Å². The SMILES string of the molecule is C=NCCc1c[nH]c2ccc(-c3ccc(C(=O)N4CCN(C(=O)C5(O)CC5)CC4)cc3)cc12. The summed E-state index contributed by atoms with van der Waals surface area (Å²) in [4.78, 5) is 36.0. The minimum atomic E-state index is -1.14. The average molecular weight is 445 g/mol. The number of piperazine rings is 1. The van der Waals surface area contributed by atoms with Crippen molar-refractivity contribution in [2.24, 2.45) is 4.99 Å². The van der Waals surface area contributed by atoms with Gasteiger partial charge in [-0.2, -0.15) is 0 Å². The van der Waals surface area contributed by atoms with Gasteiger partial charge in [0.1, 0.15) is 5.60 Å². The van der Waals surface area contributed by atoms with Crippen LogP contribution in [-0.4, -0.2) is 76.7 Å². The number of nitrogens with zero attached hydrogens (tertiary/aromatic N) is 3. The molecule has 0 spiro atoms. The molecule has 2 aromatic carbocycles. The molecular weight excluding hydrogens is 416 g/mol. The number of rotatable bonds is 6. The normalized spacial score (nSPS) is 17.2. The van der Waals surface area contributed by atoms with Crippen LogP contribution >= 0.6 is 0 Å². The molecular formula is C26H28N4O3. The van der Waals surface area contributed by atoms with Crippen molar-refractivity contribution >= 4 is 29.4 Å². The van der Waals surface area contributed by atoms with E-state index >= 15 is 0 Å². The molecule has 33 heavy (non-hydrogen) atoms. The third-order valence-electron chi connectivity index (χ3n) is 6.75. The molecule has 0 unspecified atom stereocenters. The monoisotopic (exact) mass is 444 g/mol. The molecule has 170 valence electrons. The Bertz CT molecular complexity index is 1200. The number of carbonyl (C=O) groups is 2. The Morgan fingerprint density at radius 2 is 1.67 bits per heavy atom. The Kier molecular flexibility index (Phi) is 5.50. The van der Waals surface area contributed by atoms with Gasteiger partial charge in [0.05, 0.1) is 0 Å². The standard InChI is InChI=1S/C26H28N4O3/c1-27-11-8-21-17-28-23-7-6-20(16-22(21)23)18-2-4-19(5-3-18)24(31)29-12-14-30(15-13-29)25(32)26(33)9-10-26/h2-7,16-17,28,33H,1,8-15H2. The average Bonchev–Trinajstić information content (AvgIpc) is 3.49. The van der Waals surface area contributed by atoms with Gasteiger partial charge in [0, 0.05) is 55.4 Å². The largest absolute Gasteiger partial charge is 0.380 e. The number of nitrogens with one attached hydrogen (secondary N) is 1. The van der Waals surface area contributed by atoms with E-state index in [1.807, 2.05) is 30.5 Å². The summed E-state index contributed by atoms with van der Waals surface area (Å²) in [6.07, 6.45) is 3.96. The van der Waals surface area contributed by atoms with Gasteiger partial charge in [-0.1, -0.05) is 18.2 Å². The summed E-state index contributed by atoms with van der Waals surface area (Å²) in [5.41, 5.74) is 3.96. The van der Waals surface area contributed by atoms with Crippen LogP contribution in [0.15, 0.2) is 53.7 Å². The van der Waals surface area contributed by atoms with Crippen molar-refractivity contribution in [2.75, 3.05) is 32.7 Å². The minimum absolute atomic E-state index is 0.0286. The van der Waals surface area contributed by atoms with Crippen LogP contribution in [0, 0.1) is 0 Å². The zero-order valence-electron chi connectivity index (χ0n) is 18.6. The van der Waals surface area contributed by atoms with E-state index in [-0.39, 0.29) is 11.8 Å². The van der Waals surface area contributed by atoms with Gasteiger partial charge in [0.15, 0.2) is 0 Å². The molecule has 3 aromatic rings. The summed E-state index contributed by atoms with van der Waals surface area (Å²) in [5.74, 6) is -0.221. The van der Waals surface area contributed by atoms with Gasteiger partial charge >= 0.3 is 0 Å². The van der Waals surface area contributed by atoms with Crippen molar-refractivity contribution in [3.63, 3.8) is 0 Å². The number of fused-ring (bicyclic) bond motifs is 1. The number of aliphatic imine (C=N–C) groups is 1. The Labute approximate surface area is 192 Å². The highest BCUT2D eigenvalue weighted by Crippen LogP contribution is 2.37. The fourth-order valence-corrected chi connectivity index (χ4v) is 4.49. The van der Waals surface area contributed by atoms with Gasteiger partial charge < -0.3 is 24.9 Å². The number of H-pyrrole nitrogens is 1. The van der Waals surface area contributed by atoms with Crippen LogP contribution in [0.5, 0.6) is 0 Å². The molecule has 5 rings (SSSR count). The maximum atomic E-state index is 13.0. The quantitative estimate of drug-likeness (QED) is 0.573. The lowest BCUT2D eigenvalue weighted by Crippen LogP contribution is -2.53. The number of aromatic nitrogens is 1. The first-order chi connectivity index (χ1) is 16.0. The number of hydrogen-bond acceptors (Lipinski definition) is 4. The second kappa shape index (κ2) is 8.48. The van der Waals surface area contributed by atoms with E-state index < -0.39 is 5.60 Å². The maximum absolute atomic E-state index is 13.0. The smallest absolute Gasteiger partial charge is 0.254 e. The van der Waals surface area contributed by atoms with Crippen LogP contribution in [0.3, 0.4) is 0 Å². The van der Waals surface area contributed by atoms with Crippen LogP contribution < -0.4 is 0 Å². The first kappa shape index (κ1) is 21.4. The zero-order valence-corrected chi connectivity index (χ0v) is 18.6. The fraction of sp³-hybridized carbons (Fsp3) is 0.346. The van der Waals surface area contributed by atoms with Gasteiger partial charge in [0.2, 0.25) is 0 Å². The molecule has 2 amide bonds. The molecule has 0 bridgehead atoms. The van der Waals surface area contributed by atoms with E-state index in [2.05, 4.69) is 34.9 Å². The van der Waals surface area contributed by atoms with E-state index in [1.165, 1.54) is 10.9 Å². The number of amides is 2. The molecule has 2 aliphatic rings. The highest BCUT2D eigenvalue weighted by molar-refractivity contribution is 5.95. The van der Waals surface area contributed by atoms with Crippen LogP contribution in [-0.2, 0) is 11.2 Å². The van der Waals surface area contributed by atoms with E-state index in [0.717, 1.165) is 23.1 Å². The molecule has 1 aliphatic carbocycles. The van der Waals surface area contributed by atoms with Crippen molar-refractivity contribution in [1.29, 1.82) is 0 Å². The number of aliphatic hydroxyl groups is 1. The second-order valence-electron chi connectivity index (χ2n) is 8.96. The lowest BCUT2D eigenvalue weighted by Gasteiger charge is -2.35. The molecule has 0 radical (unpaired) electrons. The van der Waals surface area contributed by atoms with Crippen molar-refractivity contribution in [3.8, 4) is 11.1 Å². The van der Waals surface area contributed by atoms with Gasteiger partial charge in [0.25, 0.3) is 11.8 Å². The lowest BCUT2D eigenvalue weighted by atomic mass is 10.0. The first-order valence-electron chi connectivity index (χ1n) is 11.4. The van der Waals surface area contributed by atoms with E-state index in [0.29, 0.717) is 51.1 Å². The topological polar surface area (TPSA) is 89.0 Å². The molecule has 1 saturated carbocycles. The van der Waals surface area contributed by atoms with Crippen LogP contribution in [0.4, 0.5) is 0 Å². The number of carbonyl (C=O) groups excluding carboxylic acids is 2. The van der Waals surface area contributed by atoms with Crippen molar-refractivity contribution < 1.29 is 14.7 Å². The van der Waals surface area contributed by atoms with Gasteiger partial charge in [-0.05, 0) is 66.9 Å². The molecule has 2 fully saturated rings. The maximum Gasteiger partial charge on any atom is 0.254 e. The molecule has 1 aliphatic heterocycles. The third kappa shape index (κ3) is 4.16. The molecule has 1 aromatic heterocycles. The Morgan fingerprint density at radius 3 is 2.33 bits per heavy atom. The summed E-state index contributed by atoms with van der Waals surface area (Å²) in [6, 6.07) is 14.0. The van der Waals surface area contributed by atoms with E-state index in [9.17, 15) is 14.7 Å². The molecule has 2 N–H and O–H groups in total.